The van der Waals surface area contributed by atoms with Gasteiger partial charge >= 0.3 is 0 Å². The van der Waals surface area contributed by atoms with Crippen LogP contribution >= 0.6 is 23.1 Å². The van der Waals surface area contributed by atoms with Gasteiger partial charge in [0.1, 0.15) is 24.0 Å². The van der Waals surface area contributed by atoms with Crippen LogP contribution in [0.4, 0.5) is 4.39 Å². The van der Waals surface area contributed by atoms with E-state index >= 15 is 0 Å². The third-order valence-corrected chi connectivity index (χ3v) is 6.32. The van der Waals surface area contributed by atoms with E-state index in [-0.39, 0.29) is 17.8 Å². The molecule has 1 amide bonds. The minimum Gasteiger partial charge on any atom is -0.487 e. The molecule has 0 radical (unpaired) electrons. The summed E-state index contributed by atoms with van der Waals surface area (Å²) in [7, 11) is 0. The molecule has 0 aliphatic carbocycles. The van der Waals surface area contributed by atoms with Gasteiger partial charge in [0, 0.05) is 46.6 Å². The Labute approximate surface area is 169 Å². The number of rotatable bonds is 6. The van der Waals surface area contributed by atoms with Crippen molar-refractivity contribution in [1.82, 2.24) is 20.3 Å². The number of nitrogens with zero attached hydrogens (tertiary/aromatic N) is 3. The number of thioether (sulfide) groups is 1. The number of halogens is 1. The zero-order valence-corrected chi connectivity index (χ0v) is 16.6. The Kier molecular flexibility index (Phi) is 5.54. The lowest BCUT2D eigenvalue weighted by Crippen LogP contribution is -2.35. The second-order valence-electron chi connectivity index (χ2n) is 6.36. The van der Waals surface area contributed by atoms with Crippen molar-refractivity contribution in [2.24, 2.45) is 0 Å². The van der Waals surface area contributed by atoms with E-state index in [2.05, 4.69) is 20.3 Å². The Morgan fingerprint density at radius 3 is 2.96 bits per heavy atom. The zero-order chi connectivity index (χ0) is 19.5. The van der Waals surface area contributed by atoms with Gasteiger partial charge in [-0.3, -0.25) is 4.79 Å². The van der Waals surface area contributed by atoms with Crippen LogP contribution in [-0.4, -0.2) is 39.3 Å². The summed E-state index contributed by atoms with van der Waals surface area (Å²) in [4.78, 5) is 24.4. The van der Waals surface area contributed by atoms with Crippen LogP contribution in [0.3, 0.4) is 0 Å². The van der Waals surface area contributed by atoms with Gasteiger partial charge in [-0.1, -0.05) is 11.8 Å². The Bertz CT molecular complexity index is 997. The number of nitrogens with one attached hydrogen (secondary N) is 1. The maximum absolute atomic E-state index is 14.0. The molecule has 2 aromatic heterocycles. The molecular formula is C19H17FN4O2S2. The van der Waals surface area contributed by atoms with E-state index < -0.39 is 0 Å². The van der Waals surface area contributed by atoms with Gasteiger partial charge in [0.05, 0.1) is 12.3 Å². The summed E-state index contributed by atoms with van der Waals surface area (Å²) in [5.74, 6) is 0.512. The van der Waals surface area contributed by atoms with Gasteiger partial charge in [-0.05, 0) is 19.1 Å². The molecule has 4 rings (SSSR count). The molecule has 1 unspecified atom stereocenters. The largest absolute Gasteiger partial charge is 0.487 e. The van der Waals surface area contributed by atoms with E-state index in [0.29, 0.717) is 35.6 Å². The molecule has 0 fully saturated rings. The van der Waals surface area contributed by atoms with Crippen LogP contribution in [0.1, 0.15) is 11.3 Å². The van der Waals surface area contributed by atoms with Crippen molar-refractivity contribution in [2.45, 2.75) is 23.8 Å². The van der Waals surface area contributed by atoms with Crippen molar-refractivity contribution in [3.63, 3.8) is 0 Å². The fraction of sp³-hybridized carbons (Fsp3) is 0.263. The highest BCUT2D eigenvalue weighted by atomic mass is 32.2. The van der Waals surface area contributed by atoms with E-state index in [1.165, 1.54) is 41.6 Å². The SMILES string of the molecule is Cc1csc(SCC(=O)NCC2Cc3cc(F)cc(-c4cncnc4)c3O2)n1. The third-order valence-electron chi connectivity index (χ3n) is 4.19. The fourth-order valence-electron chi connectivity index (χ4n) is 2.97. The minimum atomic E-state index is -0.332. The van der Waals surface area contributed by atoms with Gasteiger partial charge in [0.2, 0.25) is 5.91 Å². The van der Waals surface area contributed by atoms with Crippen LogP contribution in [0.5, 0.6) is 5.75 Å². The van der Waals surface area contributed by atoms with Crippen molar-refractivity contribution >= 4 is 29.0 Å². The van der Waals surface area contributed by atoms with Crippen molar-refractivity contribution < 1.29 is 13.9 Å². The van der Waals surface area contributed by atoms with E-state index in [1.807, 2.05) is 12.3 Å². The first-order chi connectivity index (χ1) is 13.6. The van der Waals surface area contributed by atoms with Gasteiger partial charge in [0.15, 0.2) is 4.34 Å². The Morgan fingerprint density at radius 1 is 1.39 bits per heavy atom. The van der Waals surface area contributed by atoms with Gasteiger partial charge in [0.25, 0.3) is 0 Å². The first-order valence-corrected chi connectivity index (χ1v) is 10.5. The highest BCUT2D eigenvalue weighted by Gasteiger charge is 2.27. The summed E-state index contributed by atoms with van der Waals surface area (Å²) in [5, 5.41) is 4.84. The zero-order valence-electron chi connectivity index (χ0n) is 15.0. The molecule has 9 heteroatoms. The molecule has 3 aromatic rings. The summed E-state index contributed by atoms with van der Waals surface area (Å²) >= 11 is 2.94. The van der Waals surface area contributed by atoms with E-state index in [4.69, 9.17) is 4.74 Å². The maximum Gasteiger partial charge on any atom is 0.230 e. The molecule has 3 heterocycles. The van der Waals surface area contributed by atoms with Crippen LogP contribution in [0.15, 0.2) is 40.6 Å². The van der Waals surface area contributed by atoms with Crippen LogP contribution in [0.25, 0.3) is 11.1 Å². The average Bonchev–Trinajstić information content (AvgIpc) is 3.30. The third kappa shape index (κ3) is 4.31. The molecule has 1 aliphatic rings. The number of aryl methyl sites for hydroxylation is 1. The van der Waals surface area contributed by atoms with Crippen LogP contribution in [0, 0.1) is 12.7 Å². The summed E-state index contributed by atoms with van der Waals surface area (Å²) in [5.41, 5.74) is 3.06. The molecule has 1 aliphatic heterocycles. The Morgan fingerprint density at radius 2 is 2.21 bits per heavy atom. The number of ether oxygens (including phenoxy) is 1. The summed E-state index contributed by atoms with van der Waals surface area (Å²) in [6, 6.07) is 2.90. The molecule has 1 atom stereocenters. The smallest absolute Gasteiger partial charge is 0.230 e. The van der Waals surface area contributed by atoms with Crippen molar-refractivity contribution in [2.75, 3.05) is 12.3 Å². The number of aromatic nitrogens is 3. The molecule has 0 spiro atoms. The number of hydrogen-bond donors (Lipinski definition) is 1. The first kappa shape index (κ1) is 18.8. The highest BCUT2D eigenvalue weighted by molar-refractivity contribution is 8.01. The van der Waals surface area contributed by atoms with E-state index in [1.54, 1.807) is 12.4 Å². The van der Waals surface area contributed by atoms with Gasteiger partial charge in [-0.15, -0.1) is 11.3 Å². The predicted molar refractivity (Wildman–Crippen MR) is 106 cm³/mol. The number of fused-ring (bicyclic) bond motifs is 1. The number of carbonyl (C=O) groups excluding carboxylic acids is 1. The molecule has 6 nitrogen and oxygen atoms in total. The topological polar surface area (TPSA) is 77.0 Å². The summed E-state index contributed by atoms with van der Waals surface area (Å²) < 4.78 is 20.9. The second kappa shape index (κ2) is 8.24. The number of amides is 1. The standard InChI is InChI=1S/C19H17FN4O2S2/c1-11-8-27-19(24-11)28-9-17(25)23-7-15-3-12-2-14(20)4-16(18(12)26-15)13-5-21-10-22-6-13/h2,4-6,8,10,15H,3,7,9H2,1H3,(H,23,25). The van der Waals surface area contributed by atoms with Gasteiger partial charge in [-0.2, -0.15) is 0 Å². The van der Waals surface area contributed by atoms with Crippen LogP contribution < -0.4 is 10.1 Å². The second-order valence-corrected chi connectivity index (χ2v) is 8.44. The Hall–Kier alpha value is -2.52. The minimum absolute atomic E-state index is 0.0831. The molecule has 28 heavy (non-hydrogen) atoms. The van der Waals surface area contributed by atoms with Crippen LogP contribution in [-0.2, 0) is 11.2 Å². The lowest BCUT2D eigenvalue weighted by molar-refractivity contribution is -0.118. The van der Waals surface area contributed by atoms with Crippen molar-refractivity contribution in [3.8, 4) is 16.9 Å². The molecule has 1 aromatic carbocycles. The van der Waals surface area contributed by atoms with Crippen molar-refractivity contribution in [1.29, 1.82) is 0 Å². The average molecular weight is 417 g/mol. The molecule has 0 saturated carbocycles. The molecule has 0 saturated heterocycles. The van der Waals surface area contributed by atoms with Gasteiger partial charge < -0.3 is 10.1 Å². The Balaban J connectivity index is 1.36. The van der Waals surface area contributed by atoms with Crippen LogP contribution in [0.2, 0.25) is 0 Å². The van der Waals surface area contributed by atoms with E-state index in [9.17, 15) is 9.18 Å². The quantitative estimate of drug-likeness (QED) is 0.622. The first-order valence-electron chi connectivity index (χ1n) is 8.64. The predicted octanol–water partition coefficient (Wildman–Crippen LogP) is 3.26. The van der Waals surface area contributed by atoms with Crippen molar-refractivity contribution in [3.05, 3.63) is 53.3 Å². The molecular weight excluding hydrogens is 399 g/mol. The number of hydrogen-bond acceptors (Lipinski definition) is 7. The molecule has 144 valence electrons. The number of thiazole rings is 1. The maximum atomic E-state index is 14.0. The normalized spacial score (nSPS) is 15.1. The lowest BCUT2D eigenvalue weighted by Gasteiger charge is -2.13. The molecule has 0 bridgehead atoms. The monoisotopic (exact) mass is 416 g/mol. The summed E-state index contributed by atoms with van der Waals surface area (Å²) in [6.45, 7) is 2.28. The van der Waals surface area contributed by atoms with E-state index in [0.717, 1.165) is 15.6 Å². The molecule has 1 N–H and O–H groups in total. The fourth-order valence-corrected chi connectivity index (χ4v) is 4.64. The number of benzene rings is 1. The van der Waals surface area contributed by atoms with Gasteiger partial charge in [-0.25, -0.2) is 19.3 Å². The summed E-state index contributed by atoms with van der Waals surface area (Å²) in [6.07, 6.45) is 4.97. The highest BCUT2D eigenvalue weighted by Crippen LogP contribution is 2.39. The lowest BCUT2D eigenvalue weighted by atomic mass is 10.0. The number of carbonyl (C=O) groups is 1.